The second-order valence-electron chi connectivity index (χ2n) is 13.7. The Kier molecular flexibility index (Phi) is 6.71. The van der Waals surface area contributed by atoms with E-state index in [4.69, 9.17) is 4.74 Å². The summed E-state index contributed by atoms with van der Waals surface area (Å²) in [5, 5.41) is 10.8. The normalized spacial score (nSPS) is 44.4. The van der Waals surface area contributed by atoms with Gasteiger partial charge in [-0.1, -0.05) is 59.3 Å². The first kappa shape index (κ1) is 26.0. The standard InChI is InChI=1S/C31H50O3/c1-20(10-9-11-21(2)27(33)34-8)22-14-18-31(7)24-12-13-25-28(3,4)26(32)16-17-29(25,5)23(24)15-19-30(22,31)6/h11-12,20,22-23,25-26,32H,9-10,13-19H2,1-8H3/b21-11-/t20-,22-,23-,25-,26+,29+,30-,31+/m0/s1. The summed E-state index contributed by atoms with van der Waals surface area (Å²) in [5.74, 6) is 2.44. The number of esters is 1. The average molecular weight is 471 g/mol. The summed E-state index contributed by atoms with van der Waals surface area (Å²) in [6, 6.07) is 0. The molecule has 0 amide bonds. The Morgan fingerprint density at radius 3 is 2.53 bits per heavy atom. The minimum Gasteiger partial charge on any atom is -0.466 e. The van der Waals surface area contributed by atoms with Crippen molar-refractivity contribution in [2.24, 2.45) is 45.3 Å². The molecule has 3 nitrogen and oxygen atoms in total. The van der Waals surface area contributed by atoms with Crippen LogP contribution in [0.1, 0.15) is 106 Å². The molecule has 0 heterocycles. The topological polar surface area (TPSA) is 46.5 Å². The van der Waals surface area contributed by atoms with E-state index in [1.54, 1.807) is 5.57 Å². The summed E-state index contributed by atoms with van der Waals surface area (Å²) in [6.07, 6.45) is 15.2. The lowest BCUT2D eigenvalue weighted by atomic mass is 9.41. The molecule has 192 valence electrons. The van der Waals surface area contributed by atoms with Gasteiger partial charge in [0.25, 0.3) is 0 Å². The van der Waals surface area contributed by atoms with Gasteiger partial charge in [0.1, 0.15) is 0 Å². The number of carbonyl (C=O) groups excluding carboxylic acids is 1. The van der Waals surface area contributed by atoms with Gasteiger partial charge in [0.05, 0.1) is 13.2 Å². The van der Waals surface area contributed by atoms with E-state index in [1.165, 1.54) is 39.2 Å². The van der Waals surface area contributed by atoms with Crippen molar-refractivity contribution in [1.29, 1.82) is 0 Å². The number of hydrogen-bond acceptors (Lipinski definition) is 3. The molecule has 0 radical (unpaired) electrons. The SMILES string of the molecule is COC(=O)/C(C)=C\CC[C@H](C)[C@@H]1CC[C@]2(C)C3=CC[C@H]4C(C)(C)[C@H](O)CC[C@]4(C)[C@H]3CC[C@@]12C. The fraction of sp³-hybridized carbons (Fsp3) is 0.839. The van der Waals surface area contributed by atoms with E-state index in [2.05, 4.69) is 53.7 Å². The van der Waals surface area contributed by atoms with Crippen LogP contribution in [0.15, 0.2) is 23.3 Å². The van der Waals surface area contributed by atoms with Crippen LogP contribution in [0.5, 0.6) is 0 Å². The number of rotatable bonds is 5. The lowest BCUT2D eigenvalue weighted by molar-refractivity contribution is -0.136. The van der Waals surface area contributed by atoms with Crippen LogP contribution < -0.4 is 0 Å². The quantitative estimate of drug-likeness (QED) is 0.257. The van der Waals surface area contributed by atoms with Crippen molar-refractivity contribution in [3.05, 3.63) is 23.3 Å². The molecule has 3 saturated carbocycles. The van der Waals surface area contributed by atoms with Crippen molar-refractivity contribution in [2.45, 2.75) is 112 Å². The number of methoxy groups -OCH3 is 1. The summed E-state index contributed by atoms with van der Waals surface area (Å²) in [4.78, 5) is 11.7. The van der Waals surface area contributed by atoms with Crippen molar-refractivity contribution in [2.75, 3.05) is 7.11 Å². The minimum absolute atomic E-state index is 0.000736. The molecule has 0 aromatic carbocycles. The number of aliphatic hydroxyl groups is 1. The third-order valence-electron chi connectivity index (χ3n) is 12.1. The van der Waals surface area contributed by atoms with Gasteiger partial charge in [-0.25, -0.2) is 4.79 Å². The molecule has 8 atom stereocenters. The van der Waals surface area contributed by atoms with E-state index in [1.807, 2.05) is 6.92 Å². The second kappa shape index (κ2) is 8.79. The molecule has 0 unspecified atom stereocenters. The van der Waals surface area contributed by atoms with Crippen molar-refractivity contribution in [3.63, 3.8) is 0 Å². The van der Waals surface area contributed by atoms with Crippen LogP contribution in [0.4, 0.5) is 0 Å². The predicted octanol–water partition coefficient (Wildman–Crippen LogP) is 7.49. The smallest absolute Gasteiger partial charge is 0.333 e. The van der Waals surface area contributed by atoms with Gasteiger partial charge in [-0.2, -0.15) is 0 Å². The molecule has 3 fully saturated rings. The van der Waals surface area contributed by atoms with Crippen LogP contribution in [0.3, 0.4) is 0 Å². The Morgan fingerprint density at radius 2 is 1.85 bits per heavy atom. The minimum atomic E-state index is -0.208. The van der Waals surface area contributed by atoms with Gasteiger partial charge >= 0.3 is 5.97 Å². The summed E-state index contributed by atoms with van der Waals surface area (Å²) < 4.78 is 4.86. The van der Waals surface area contributed by atoms with E-state index in [9.17, 15) is 9.90 Å². The molecule has 0 aliphatic heterocycles. The van der Waals surface area contributed by atoms with E-state index < -0.39 is 0 Å². The molecule has 0 saturated heterocycles. The van der Waals surface area contributed by atoms with Crippen LogP contribution in [-0.2, 0) is 9.53 Å². The molecule has 4 aliphatic rings. The number of allylic oxidation sites excluding steroid dienone is 3. The molecule has 0 bridgehead atoms. The first-order valence-corrected chi connectivity index (χ1v) is 14.0. The van der Waals surface area contributed by atoms with E-state index in [-0.39, 0.29) is 17.5 Å². The maximum atomic E-state index is 11.7. The highest BCUT2D eigenvalue weighted by molar-refractivity contribution is 5.87. The Hall–Kier alpha value is -1.09. The molecule has 4 aliphatic carbocycles. The third-order valence-corrected chi connectivity index (χ3v) is 12.1. The Balaban J connectivity index is 1.56. The van der Waals surface area contributed by atoms with Gasteiger partial charge in [-0.05, 0) is 110 Å². The zero-order valence-corrected chi connectivity index (χ0v) is 23.2. The maximum Gasteiger partial charge on any atom is 0.333 e. The Labute approximate surface area is 208 Å². The van der Waals surface area contributed by atoms with Gasteiger partial charge in [0, 0.05) is 5.57 Å². The number of carbonyl (C=O) groups is 1. The van der Waals surface area contributed by atoms with Crippen LogP contribution >= 0.6 is 0 Å². The second-order valence-corrected chi connectivity index (χ2v) is 13.7. The summed E-state index contributed by atoms with van der Waals surface area (Å²) in [6.45, 7) is 16.7. The zero-order chi connectivity index (χ0) is 25.1. The van der Waals surface area contributed by atoms with E-state index >= 15 is 0 Å². The van der Waals surface area contributed by atoms with Crippen LogP contribution in [0, 0.1) is 45.3 Å². The number of ether oxygens (including phenoxy) is 1. The Bertz CT molecular complexity index is 868. The van der Waals surface area contributed by atoms with Gasteiger partial charge in [0.15, 0.2) is 0 Å². The monoisotopic (exact) mass is 470 g/mol. The van der Waals surface area contributed by atoms with Crippen molar-refractivity contribution in [1.82, 2.24) is 0 Å². The highest BCUT2D eigenvalue weighted by atomic mass is 16.5. The largest absolute Gasteiger partial charge is 0.466 e. The fourth-order valence-corrected chi connectivity index (χ4v) is 9.66. The molecule has 1 N–H and O–H groups in total. The Morgan fingerprint density at radius 1 is 1.15 bits per heavy atom. The molecule has 3 heteroatoms. The lowest BCUT2D eigenvalue weighted by Crippen LogP contribution is -2.58. The van der Waals surface area contributed by atoms with E-state index in [0.717, 1.165) is 37.2 Å². The molecule has 34 heavy (non-hydrogen) atoms. The fourth-order valence-electron chi connectivity index (χ4n) is 9.66. The molecule has 0 spiro atoms. The summed E-state index contributed by atoms with van der Waals surface area (Å²) in [5.41, 5.74) is 3.47. The van der Waals surface area contributed by atoms with Crippen molar-refractivity contribution < 1.29 is 14.6 Å². The molecular weight excluding hydrogens is 420 g/mol. The number of fused-ring (bicyclic) bond motifs is 5. The van der Waals surface area contributed by atoms with E-state index in [0.29, 0.717) is 34.0 Å². The van der Waals surface area contributed by atoms with Gasteiger partial charge < -0.3 is 9.84 Å². The van der Waals surface area contributed by atoms with Crippen molar-refractivity contribution >= 4 is 5.97 Å². The molecular formula is C31H50O3. The molecule has 4 rings (SSSR count). The highest BCUT2D eigenvalue weighted by Crippen LogP contribution is 2.73. The van der Waals surface area contributed by atoms with Crippen LogP contribution in [-0.4, -0.2) is 24.3 Å². The molecule has 0 aromatic rings. The van der Waals surface area contributed by atoms with Crippen LogP contribution in [0.2, 0.25) is 0 Å². The first-order valence-electron chi connectivity index (χ1n) is 14.0. The third kappa shape index (κ3) is 3.66. The summed E-state index contributed by atoms with van der Waals surface area (Å²) in [7, 11) is 1.46. The molecule has 0 aromatic heterocycles. The zero-order valence-electron chi connectivity index (χ0n) is 23.2. The van der Waals surface area contributed by atoms with Gasteiger partial charge in [-0.3, -0.25) is 0 Å². The maximum absolute atomic E-state index is 11.7. The highest BCUT2D eigenvalue weighted by Gasteiger charge is 2.65. The summed E-state index contributed by atoms with van der Waals surface area (Å²) >= 11 is 0. The van der Waals surface area contributed by atoms with Crippen LogP contribution in [0.25, 0.3) is 0 Å². The predicted molar refractivity (Wildman–Crippen MR) is 139 cm³/mol. The number of aliphatic hydroxyl groups excluding tert-OH is 1. The first-order chi connectivity index (χ1) is 15.8. The average Bonchev–Trinajstić information content (AvgIpc) is 3.07. The van der Waals surface area contributed by atoms with Gasteiger partial charge in [0.2, 0.25) is 0 Å². The number of hydrogen-bond donors (Lipinski definition) is 1. The van der Waals surface area contributed by atoms with Gasteiger partial charge in [-0.15, -0.1) is 0 Å². The lowest BCUT2D eigenvalue weighted by Gasteiger charge is -2.64. The van der Waals surface area contributed by atoms with Crippen molar-refractivity contribution in [3.8, 4) is 0 Å².